The van der Waals surface area contributed by atoms with E-state index >= 15 is 0 Å². The van der Waals surface area contributed by atoms with Gasteiger partial charge < -0.3 is 30.5 Å². The van der Waals surface area contributed by atoms with Crippen molar-refractivity contribution in [1.82, 2.24) is 25.3 Å². The predicted octanol–water partition coefficient (Wildman–Crippen LogP) is 4.13. The molecule has 0 atom stereocenters. The van der Waals surface area contributed by atoms with Gasteiger partial charge in [0.2, 0.25) is 5.91 Å². The second-order valence-corrected chi connectivity index (χ2v) is 10.7. The average molecular weight is 586 g/mol. The Balaban J connectivity index is 1.53. The summed E-state index contributed by atoms with van der Waals surface area (Å²) in [5.41, 5.74) is 4.38. The molecule has 11 heteroatoms. The molecule has 1 aromatic heterocycles. The minimum absolute atomic E-state index is 0.00368. The maximum Gasteiger partial charge on any atom is 0.269 e. The van der Waals surface area contributed by atoms with Crippen LogP contribution in [0.15, 0.2) is 66.0 Å². The van der Waals surface area contributed by atoms with Crippen LogP contribution in [-0.4, -0.2) is 79.4 Å². The molecular weight excluding hydrogens is 546 g/mol. The fourth-order valence-corrected chi connectivity index (χ4v) is 4.54. The largest absolute Gasteiger partial charge is 0.494 e. The summed E-state index contributed by atoms with van der Waals surface area (Å²) in [7, 11) is 7.28. The Morgan fingerprint density at radius 1 is 1.14 bits per heavy atom. The van der Waals surface area contributed by atoms with Crippen LogP contribution in [-0.2, 0) is 9.59 Å². The average Bonchev–Trinajstić information content (AvgIpc) is 3.86. The van der Waals surface area contributed by atoms with E-state index in [4.69, 9.17) is 4.74 Å². The van der Waals surface area contributed by atoms with Gasteiger partial charge >= 0.3 is 0 Å². The zero-order valence-electron chi connectivity index (χ0n) is 25.3. The molecule has 1 fully saturated rings. The Kier molecular flexibility index (Phi) is 10.3. The molecule has 2 amide bonds. The molecular formula is C32H39N7O4. The third kappa shape index (κ3) is 8.09. The summed E-state index contributed by atoms with van der Waals surface area (Å²) in [6, 6.07) is 7.20. The maximum absolute atomic E-state index is 13.2. The van der Waals surface area contributed by atoms with Crippen LogP contribution in [0, 0.1) is 5.92 Å². The number of aldehydes is 1. The van der Waals surface area contributed by atoms with E-state index in [9.17, 15) is 14.4 Å². The molecule has 1 aromatic carbocycles. The minimum Gasteiger partial charge on any atom is -0.494 e. The number of likely N-dealkylation sites (N-methyl/N-ethyl adjacent to an activating group) is 1. The standard InChI is InChI=1S/C32H39N7O4/c1-6-8-21(15-16-38(2)3)19-39(4)32(42)26-14-13-23(18-33-26)24-9-7-10-25(30(24)43-5)34-27-17-29(37-36-28(27)20-40)35-31(41)22-11-12-22/h7-10,13-17,20,22,33H,6,11-12,18-19H2,1-5H3,(H2,34,35,37,41)/b16-15-,21-8-. The zero-order chi connectivity index (χ0) is 30.9. The molecule has 0 unspecified atom stereocenters. The quantitative estimate of drug-likeness (QED) is 0.235. The minimum atomic E-state index is -0.105. The fourth-order valence-electron chi connectivity index (χ4n) is 4.54. The van der Waals surface area contributed by atoms with Crippen LogP contribution in [0.5, 0.6) is 5.75 Å². The number of hydrogen-bond acceptors (Lipinski definition) is 9. The van der Waals surface area contributed by atoms with Crippen LogP contribution >= 0.6 is 0 Å². The molecule has 0 spiro atoms. The van der Waals surface area contributed by atoms with Crippen molar-refractivity contribution >= 4 is 40.9 Å². The van der Waals surface area contributed by atoms with Crippen molar-refractivity contribution in [3.05, 3.63) is 77.3 Å². The first-order valence-electron chi connectivity index (χ1n) is 14.3. The Labute approximate surface area is 252 Å². The van der Waals surface area contributed by atoms with Gasteiger partial charge in [-0.2, -0.15) is 0 Å². The molecule has 2 heterocycles. The number of amides is 2. The number of nitrogens with zero attached hydrogens (tertiary/aromatic N) is 4. The number of dihydropyridines is 1. The van der Waals surface area contributed by atoms with Gasteiger partial charge in [-0.15, -0.1) is 10.2 Å². The lowest BCUT2D eigenvalue weighted by Gasteiger charge is -2.24. The van der Waals surface area contributed by atoms with Crippen LogP contribution in [0.1, 0.15) is 42.2 Å². The van der Waals surface area contributed by atoms with Gasteiger partial charge in [-0.1, -0.05) is 31.2 Å². The number of nitrogens with one attached hydrogen (secondary N) is 3. The van der Waals surface area contributed by atoms with Gasteiger partial charge in [-0.05, 0) is 54.8 Å². The molecule has 1 saturated carbocycles. The summed E-state index contributed by atoms with van der Waals surface area (Å²) >= 11 is 0. The molecule has 0 radical (unpaired) electrons. The van der Waals surface area contributed by atoms with E-state index in [1.165, 1.54) is 0 Å². The van der Waals surface area contributed by atoms with E-state index in [1.54, 1.807) is 31.2 Å². The summed E-state index contributed by atoms with van der Waals surface area (Å²) < 4.78 is 5.79. The predicted molar refractivity (Wildman–Crippen MR) is 168 cm³/mol. The molecule has 0 saturated heterocycles. The number of ether oxygens (including phenoxy) is 1. The molecule has 1 aliphatic carbocycles. The number of rotatable bonds is 13. The number of allylic oxidation sites excluding steroid dienone is 3. The second-order valence-electron chi connectivity index (χ2n) is 10.7. The lowest BCUT2D eigenvalue weighted by Crippen LogP contribution is -2.36. The molecule has 2 aromatic rings. The molecule has 11 nitrogen and oxygen atoms in total. The van der Waals surface area contributed by atoms with Crippen molar-refractivity contribution in [3.8, 4) is 5.75 Å². The van der Waals surface area contributed by atoms with Crippen LogP contribution in [0.4, 0.5) is 17.2 Å². The fraction of sp³-hybridized carbons (Fsp3) is 0.344. The van der Waals surface area contributed by atoms with Gasteiger partial charge in [0.25, 0.3) is 5.91 Å². The highest BCUT2D eigenvalue weighted by Crippen LogP contribution is 2.37. The van der Waals surface area contributed by atoms with Crippen molar-refractivity contribution in [1.29, 1.82) is 0 Å². The first kappa shape index (κ1) is 31.0. The van der Waals surface area contributed by atoms with Crippen LogP contribution in [0.25, 0.3) is 5.57 Å². The molecule has 43 heavy (non-hydrogen) atoms. The third-order valence-corrected chi connectivity index (χ3v) is 6.94. The van der Waals surface area contributed by atoms with Gasteiger partial charge in [0.15, 0.2) is 12.1 Å². The Hall–Kier alpha value is -4.93. The summed E-state index contributed by atoms with van der Waals surface area (Å²) in [5, 5.41) is 17.2. The lowest BCUT2D eigenvalue weighted by molar-refractivity contribution is -0.125. The number of hydrogen-bond donors (Lipinski definition) is 3. The van der Waals surface area contributed by atoms with Crippen molar-refractivity contribution in [2.45, 2.75) is 26.2 Å². The molecule has 1 aliphatic heterocycles. The first-order valence-corrected chi connectivity index (χ1v) is 14.3. The number of aromatic nitrogens is 2. The SMILES string of the molecule is CC/C=C(/C=C\N(C)C)CN(C)C(=O)C1=CC=C(c2cccc(Nc3cc(NC(=O)C4CC4)nnc3C=O)c2OC)CN1. The maximum atomic E-state index is 13.2. The molecule has 4 rings (SSSR count). The number of carbonyl (C=O) groups excluding carboxylic acids is 3. The Morgan fingerprint density at radius 3 is 2.56 bits per heavy atom. The molecule has 226 valence electrons. The summed E-state index contributed by atoms with van der Waals surface area (Å²) in [6.07, 6.45) is 13.0. The highest BCUT2D eigenvalue weighted by Gasteiger charge is 2.30. The number of benzene rings is 1. The van der Waals surface area contributed by atoms with E-state index in [0.717, 1.165) is 36.0 Å². The van der Waals surface area contributed by atoms with Gasteiger partial charge in [0.1, 0.15) is 17.1 Å². The van der Waals surface area contributed by atoms with Gasteiger partial charge in [0.05, 0.1) is 18.5 Å². The highest BCUT2D eigenvalue weighted by molar-refractivity contribution is 5.96. The number of carbonyl (C=O) groups is 3. The van der Waals surface area contributed by atoms with E-state index in [0.29, 0.717) is 42.2 Å². The number of anilines is 3. The highest BCUT2D eigenvalue weighted by atomic mass is 16.5. The van der Waals surface area contributed by atoms with Crippen molar-refractivity contribution in [2.24, 2.45) is 5.92 Å². The number of para-hydroxylation sites is 1. The van der Waals surface area contributed by atoms with Crippen molar-refractivity contribution < 1.29 is 19.1 Å². The lowest BCUT2D eigenvalue weighted by atomic mass is 10.0. The van der Waals surface area contributed by atoms with Crippen molar-refractivity contribution in [2.75, 3.05) is 52.0 Å². The Morgan fingerprint density at radius 2 is 1.93 bits per heavy atom. The van der Waals surface area contributed by atoms with Crippen LogP contribution < -0.4 is 20.7 Å². The summed E-state index contributed by atoms with van der Waals surface area (Å²) in [6.45, 7) is 2.98. The van der Waals surface area contributed by atoms with Gasteiger partial charge in [-0.3, -0.25) is 14.4 Å². The van der Waals surface area contributed by atoms with Crippen LogP contribution in [0.2, 0.25) is 0 Å². The topological polar surface area (TPSA) is 129 Å². The van der Waals surface area contributed by atoms with Crippen molar-refractivity contribution in [3.63, 3.8) is 0 Å². The summed E-state index contributed by atoms with van der Waals surface area (Å²) in [5.74, 6) is 0.609. The van der Waals surface area contributed by atoms with Gasteiger partial charge in [0, 0.05) is 51.8 Å². The zero-order valence-corrected chi connectivity index (χ0v) is 25.3. The molecule has 0 bridgehead atoms. The Bertz CT molecular complexity index is 1490. The second kappa shape index (κ2) is 14.3. The first-order chi connectivity index (χ1) is 20.7. The van der Waals surface area contributed by atoms with E-state index < -0.39 is 0 Å². The smallest absolute Gasteiger partial charge is 0.269 e. The number of methoxy groups -OCH3 is 1. The third-order valence-electron chi connectivity index (χ3n) is 6.94. The van der Waals surface area contributed by atoms with Gasteiger partial charge in [-0.25, -0.2) is 0 Å². The van der Waals surface area contributed by atoms with E-state index in [1.807, 2.05) is 55.5 Å². The van der Waals surface area contributed by atoms with Crippen LogP contribution in [0.3, 0.4) is 0 Å². The summed E-state index contributed by atoms with van der Waals surface area (Å²) in [4.78, 5) is 40.8. The normalized spacial score (nSPS) is 14.8. The van der Waals surface area contributed by atoms with E-state index in [2.05, 4.69) is 39.1 Å². The van der Waals surface area contributed by atoms with E-state index in [-0.39, 0.29) is 29.2 Å². The molecule has 2 aliphatic rings. The monoisotopic (exact) mass is 585 g/mol. The molecule has 3 N–H and O–H groups in total.